The summed E-state index contributed by atoms with van der Waals surface area (Å²) in [5.41, 5.74) is 1.94. The van der Waals surface area contributed by atoms with Gasteiger partial charge in [0.15, 0.2) is 14.9 Å². The first-order chi connectivity index (χ1) is 13.0. The van der Waals surface area contributed by atoms with Gasteiger partial charge in [-0.1, -0.05) is 30.3 Å². The molecule has 5 nitrogen and oxygen atoms in total. The molecule has 3 rings (SSSR count). The van der Waals surface area contributed by atoms with Crippen molar-refractivity contribution < 1.29 is 13.2 Å². The summed E-state index contributed by atoms with van der Waals surface area (Å²) in [5.74, 6) is 1.16. The van der Waals surface area contributed by atoms with Gasteiger partial charge in [-0.15, -0.1) is 0 Å². The van der Waals surface area contributed by atoms with E-state index in [-0.39, 0.29) is 17.5 Å². The van der Waals surface area contributed by atoms with Crippen LogP contribution in [-0.2, 0) is 16.4 Å². The maximum Gasteiger partial charge on any atom is 0.174 e. The molecule has 2 aromatic carbocycles. The minimum absolute atomic E-state index is 0.113. The third-order valence-corrected chi connectivity index (χ3v) is 6.61. The van der Waals surface area contributed by atoms with Crippen molar-refractivity contribution in [1.29, 1.82) is 0 Å². The molecule has 1 aliphatic heterocycles. The molecular weight excluding hydrogens is 380 g/mol. The van der Waals surface area contributed by atoms with E-state index in [1.807, 2.05) is 66.4 Å². The van der Waals surface area contributed by atoms with Gasteiger partial charge in [-0.05, 0) is 55.4 Å². The van der Waals surface area contributed by atoms with Crippen molar-refractivity contribution in [3.63, 3.8) is 0 Å². The Morgan fingerprint density at radius 3 is 2.48 bits per heavy atom. The Balaban J connectivity index is 1.75. The van der Waals surface area contributed by atoms with E-state index in [4.69, 9.17) is 17.0 Å². The highest BCUT2D eigenvalue weighted by atomic mass is 32.2. The average molecular weight is 405 g/mol. The quantitative estimate of drug-likeness (QED) is 0.744. The normalized spacial score (nSPS) is 18.0. The molecule has 0 spiro atoms. The van der Waals surface area contributed by atoms with Crippen molar-refractivity contribution in [1.82, 2.24) is 4.90 Å². The predicted octanol–water partition coefficient (Wildman–Crippen LogP) is 3.47. The van der Waals surface area contributed by atoms with E-state index in [9.17, 15) is 8.42 Å². The molecule has 1 fully saturated rings. The Labute approximate surface area is 166 Å². The summed E-state index contributed by atoms with van der Waals surface area (Å²) in [6, 6.07) is 17.4. The average Bonchev–Trinajstić information content (AvgIpc) is 3.02. The number of benzene rings is 2. The van der Waals surface area contributed by atoms with E-state index < -0.39 is 9.84 Å². The fraction of sp³-hybridized carbons (Fsp3) is 0.350. The van der Waals surface area contributed by atoms with Crippen LogP contribution < -0.4 is 10.1 Å². The van der Waals surface area contributed by atoms with Crippen LogP contribution in [0.15, 0.2) is 54.6 Å². The number of nitrogens with zero attached hydrogens (tertiary/aromatic N) is 1. The largest absolute Gasteiger partial charge is 0.494 e. The number of sulfone groups is 1. The molecular formula is C20H24N2O3S2. The lowest BCUT2D eigenvalue weighted by molar-refractivity contribution is 0.332. The molecule has 1 saturated heterocycles. The van der Waals surface area contributed by atoms with Gasteiger partial charge in [0, 0.05) is 18.3 Å². The van der Waals surface area contributed by atoms with Gasteiger partial charge in [-0.3, -0.25) is 0 Å². The number of thiocarbonyl (C=S) groups is 1. The zero-order chi connectivity index (χ0) is 19.3. The van der Waals surface area contributed by atoms with Crippen molar-refractivity contribution in [2.24, 2.45) is 0 Å². The fourth-order valence-electron chi connectivity index (χ4n) is 3.16. The van der Waals surface area contributed by atoms with Crippen LogP contribution in [0.2, 0.25) is 0 Å². The van der Waals surface area contributed by atoms with Gasteiger partial charge < -0.3 is 15.0 Å². The maximum absolute atomic E-state index is 12.0. The van der Waals surface area contributed by atoms with Crippen LogP contribution in [0, 0.1) is 0 Å². The van der Waals surface area contributed by atoms with Crippen molar-refractivity contribution in [3.8, 4) is 5.75 Å². The topological polar surface area (TPSA) is 58.6 Å². The van der Waals surface area contributed by atoms with Crippen LogP contribution >= 0.6 is 12.2 Å². The molecule has 0 radical (unpaired) electrons. The Morgan fingerprint density at radius 1 is 1.19 bits per heavy atom. The molecule has 0 aliphatic carbocycles. The number of nitrogens with one attached hydrogen (secondary N) is 1. The Hall–Kier alpha value is -2.12. The van der Waals surface area contributed by atoms with Gasteiger partial charge in [0.25, 0.3) is 0 Å². The summed E-state index contributed by atoms with van der Waals surface area (Å²) in [6.07, 6.45) is 0.597. The minimum Gasteiger partial charge on any atom is -0.494 e. The first-order valence-electron chi connectivity index (χ1n) is 9.01. The monoisotopic (exact) mass is 404 g/mol. The standard InChI is InChI=1S/C20H24N2O3S2/c1-2-25-19-10-8-17(9-11-19)21-20(26)22(14-16-6-4-3-5-7-16)18-12-13-27(23,24)15-18/h3-11,18H,2,12-15H2,1H3,(H,21,26). The lowest BCUT2D eigenvalue weighted by atomic mass is 10.1. The third kappa shape index (κ3) is 5.43. The van der Waals surface area contributed by atoms with Crippen molar-refractivity contribution in [2.75, 3.05) is 23.4 Å². The Morgan fingerprint density at radius 2 is 1.89 bits per heavy atom. The number of rotatable bonds is 6. The fourth-order valence-corrected chi connectivity index (χ4v) is 5.23. The molecule has 2 aromatic rings. The number of anilines is 1. The van der Waals surface area contributed by atoms with Gasteiger partial charge in [-0.25, -0.2) is 8.42 Å². The molecule has 0 amide bonds. The van der Waals surface area contributed by atoms with Gasteiger partial charge in [0.05, 0.1) is 18.1 Å². The van der Waals surface area contributed by atoms with Crippen LogP contribution in [0.4, 0.5) is 5.69 Å². The van der Waals surface area contributed by atoms with E-state index in [1.165, 1.54) is 0 Å². The van der Waals surface area contributed by atoms with Crippen LogP contribution in [0.3, 0.4) is 0 Å². The highest BCUT2D eigenvalue weighted by molar-refractivity contribution is 7.91. The Kier molecular flexibility index (Phi) is 6.34. The second kappa shape index (κ2) is 8.71. The van der Waals surface area contributed by atoms with E-state index in [0.717, 1.165) is 17.0 Å². The van der Waals surface area contributed by atoms with Crippen LogP contribution in [-0.4, -0.2) is 42.6 Å². The molecule has 1 unspecified atom stereocenters. The Bertz CT molecular complexity index is 868. The zero-order valence-electron chi connectivity index (χ0n) is 15.3. The van der Waals surface area contributed by atoms with Gasteiger partial charge >= 0.3 is 0 Å². The van der Waals surface area contributed by atoms with E-state index in [1.54, 1.807) is 0 Å². The van der Waals surface area contributed by atoms with E-state index in [2.05, 4.69) is 5.32 Å². The molecule has 0 saturated carbocycles. The van der Waals surface area contributed by atoms with Crippen molar-refractivity contribution >= 4 is 32.9 Å². The first kappa shape index (κ1) is 19.6. The number of ether oxygens (including phenoxy) is 1. The van der Waals surface area contributed by atoms with Gasteiger partial charge in [0.1, 0.15) is 5.75 Å². The second-order valence-corrected chi connectivity index (χ2v) is 9.17. The highest BCUT2D eigenvalue weighted by Gasteiger charge is 2.33. The summed E-state index contributed by atoms with van der Waals surface area (Å²) in [6.45, 7) is 3.13. The SMILES string of the molecule is CCOc1ccc(NC(=S)N(Cc2ccccc2)C2CCS(=O)(=O)C2)cc1. The van der Waals surface area contributed by atoms with Gasteiger partial charge in [0.2, 0.25) is 0 Å². The van der Waals surface area contributed by atoms with E-state index >= 15 is 0 Å². The van der Waals surface area contributed by atoms with Crippen LogP contribution in [0.25, 0.3) is 0 Å². The molecule has 1 heterocycles. The molecule has 1 atom stereocenters. The lowest BCUT2D eigenvalue weighted by Crippen LogP contribution is -2.42. The molecule has 144 valence electrons. The van der Waals surface area contributed by atoms with E-state index in [0.29, 0.717) is 24.7 Å². The molecule has 0 aromatic heterocycles. The second-order valence-electron chi connectivity index (χ2n) is 6.56. The molecule has 1 aliphatic rings. The van der Waals surface area contributed by atoms with Crippen LogP contribution in [0.1, 0.15) is 18.9 Å². The summed E-state index contributed by atoms with van der Waals surface area (Å²) in [7, 11) is -3.00. The third-order valence-electron chi connectivity index (χ3n) is 4.52. The van der Waals surface area contributed by atoms with Crippen molar-refractivity contribution in [3.05, 3.63) is 60.2 Å². The molecule has 1 N–H and O–H groups in total. The molecule has 0 bridgehead atoms. The van der Waals surface area contributed by atoms with Crippen molar-refractivity contribution in [2.45, 2.75) is 25.9 Å². The molecule has 27 heavy (non-hydrogen) atoms. The highest BCUT2D eigenvalue weighted by Crippen LogP contribution is 2.22. The lowest BCUT2D eigenvalue weighted by Gasteiger charge is -2.31. The predicted molar refractivity (Wildman–Crippen MR) is 113 cm³/mol. The van der Waals surface area contributed by atoms with Crippen LogP contribution in [0.5, 0.6) is 5.75 Å². The smallest absolute Gasteiger partial charge is 0.174 e. The minimum atomic E-state index is -3.00. The number of hydrogen-bond acceptors (Lipinski definition) is 4. The maximum atomic E-state index is 12.0. The molecule has 7 heteroatoms. The number of hydrogen-bond donors (Lipinski definition) is 1. The summed E-state index contributed by atoms with van der Waals surface area (Å²) >= 11 is 5.64. The summed E-state index contributed by atoms with van der Waals surface area (Å²) in [5, 5.41) is 3.78. The summed E-state index contributed by atoms with van der Waals surface area (Å²) in [4.78, 5) is 1.99. The zero-order valence-corrected chi connectivity index (χ0v) is 16.9. The summed E-state index contributed by atoms with van der Waals surface area (Å²) < 4.78 is 29.4. The first-order valence-corrected chi connectivity index (χ1v) is 11.2. The van der Waals surface area contributed by atoms with Gasteiger partial charge in [-0.2, -0.15) is 0 Å².